The van der Waals surface area contributed by atoms with Crippen LogP contribution in [0.2, 0.25) is 0 Å². The lowest BCUT2D eigenvalue weighted by Gasteiger charge is -2.35. The lowest BCUT2D eigenvalue weighted by molar-refractivity contribution is 0.0949. The highest BCUT2D eigenvalue weighted by Gasteiger charge is 2.22. The molecule has 18 heavy (non-hydrogen) atoms. The molecule has 1 N–H and O–H groups in total. The van der Waals surface area contributed by atoms with Gasteiger partial charge in [0.15, 0.2) is 0 Å². The van der Waals surface area contributed by atoms with Gasteiger partial charge in [-0.1, -0.05) is 20.8 Å². The van der Waals surface area contributed by atoms with E-state index in [9.17, 15) is 0 Å². The smallest absolute Gasteiger partial charge is 0.0622 e. The van der Waals surface area contributed by atoms with Crippen LogP contribution in [-0.2, 0) is 4.74 Å². The first-order valence-corrected chi connectivity index (χ1v) is 7.73. The van der Waals surface area contributed by atoms with Crippen molar-refractivity contribution in [3.05, 3.63) is 0 Å². The highest BCUT2D eigenvalue weighted by Crippen LogP contribution is 2.13. The predicted octanol–water partition coefficient (Wildman–Crippen LogP) is 2.51. The van der Waals surface area contributed by atoms with Crippen molar-refractivity contribution in [3.8, 4) is 0 Å². The van der Waals surface area contributed by atoms with Gasteiger partial charge in [0, 0.05) is 18.7 Å². The largest absolute Gasteiger partial charge is 0.380 e. The van der Waals surface area contributed by atoms with E-state index < -0.39 is 0 Å². The Balaban J connectivity index is 2.28. The standard InChI is InChI=1S/C15H32N2O/c1-5-9-17-10-7-14(8-11-17)16-15(13(3)4)12-18-6-2/h13-16H,5-12H2,1-4H3. The summed E-state index contributed by atoms with van der Waals surface area (Å²) in [4.78, 5) is 2.59. The minimum absolute atomic E-state index is 0.507. The lowest BCUT2D eigenvalue weighted by Crippen LogP contribution is -2.49. The summed E-state index contributed by atoms with van der Waals surface area (Å²) in [7, 11) is 0. The van der Waals surface area contributed by atoms with Gasteiger partial charge in [0.25, 0.3) is 0 Å². The van der Waals surface area contributed by atoms with E-state index >= 15 is 0 Å². The van der Waals surface area contributed by atoms with Crippen molar-refractivity contribution in [2.75, 3.05) is 32.8 Å². The number of rotatable bonds is 8. The maximum absolute atomic E-state index is 5.59. The fraction of sp³-hybridized carbons (Fsp3) is 1.00. The highest BCUT2D eigenvalue weighted by molar-refractivity contribution is 4.81. The molecule has 1 rings (SSSR count). The van der Waals surface area contributed by atoms with Crippen molar-refractivity contribution < 1.29 is 4.74 Å². The second kappa shape index (κ2) is 8.89. The summed E-state index contributed by atoms with van der Waals surface area (Å²) < 4.78 is 5.59. The third kappa shape index (κ3) is 5.68. The van der Waals surface area contributed by atoms with Gasteiger partial charge in [-0.15, -0.1) is 0 Å². The minimum atomic E-state index is 0.507. The Morgan fingerprint density at radius 1 is 1.22 bits per heavy atom. The quantitative estimate of drug-likeness (QED) is 0.722. The average Bonchev–Trinajstić information content (AvgIpc) is 2.36. The molecule has 0 radical (unpaired) electrons. The van der Waals surface area contributed by atoms with Gasteiger partial charge in [-0.05, 0) is 51.7 Å². The molecular formula is C15H32N2O. The molecule has 1 fully saturated rings. The number of nitrogens with one attached hydrogen (secondary N) is 1. The van der Waals surface area contributed by atoms with Gasteiger partial charge in [0.1, 0.15) is 0 Å². The molecule has 1 atom stereocenters. The molecule has 0 aromatic rings. The van der Waals surface area contributed by atoms with E-state index in [2.05, 4.69) is 37.9 Å². The Bertz CT molecular complexity index is 201. The molecule has 0 bridgehead atoms. The van der Waals surface area contributed by atoms with E-state index in [4.69, 9.17) is 4.74 Å². The van der Waals surface area contributed by atoms with Crippen molar-refractivity contribution >= 4 is 0 Å². The molecule has 1 saturated heterocycles. The Morgan fingerprint density at radius 2 is 1.89 bits per heavy atom. The third-order valence-corrected chi connectivity index (χ3v) is 3.88. The van der Waals surface area contributed by atoms with E-state index in [0.29, 0.717) is 18.0 Å². The van der Waals surface area contributed by atoms with Crippen LogP contribution in [0.1, 0.15) is 47.0 Å². The molecule has 0 amide bonds. The maximum Gasteiger partial charge on any atom is 0.0622 e. The summed E-state index contributed by atoms with van der Waals surface area (Å²) in [6, 6.07) is 1.19. The molecule has 1 aliphatic rings. The van der Waals surface area contributed by atoms with E-state index in [1.54, 1.807) is 0 Å². The summed E-state index contributed by atoms with van der Waals surface area (Å²) in [5.74, 6) is 0.644. The predicted molar refractivity (Wildman–Crippen MR) is 78.0 cm³/mol. The van der Waals surface area contributed by atoms with E-state index in [-0.39, 0.29) is 0 Å². The zero-order valence-electron chi connectivity index (χ0n) is 12.7. The fourth-order valence-electron chi connectivity index (χ4n) is 2.62. The van der Waals surface area contributed by atoms with Crippen LogP contribution in [0.25, 0.3) is 0 Å². The van der Waals surface area contributed by atoms with E-state index in [1.807, 2.05) is 0 Å². The number of hydrogen-bond acceptors (Lipinski definition) is 3. The van der Waals surface area contributed by atoms with Crippen molar-refractivity contribution in [3.63, 3.8) is 0 Å². The van der Waals surface area contributed by atoms with Crippen molar-refractivity contribution in [2.45, 2.75) is 59.0 Å². The molecule has 1 aliphatic heterocycles. The van der Waals surface area contributed by atoms with Crippen LogP contribution in [0.15, 0.2) is 0 Å². The SMILES string of the molecule is CCCN1CCC(NC(COCC)C(C)C)CC1. The average molecular weight is 256 g/mol. The monoisotopic (exact) mass is 256 g/mol. The second-order valence-electron chi connectivity index (χ2n) is 5.79. The number of hydrogen-bond donors (Lipinski definition) is 1. The van der Waals surface area contributed by atoms with Crippen LogP contribution in [0, 0.1) is 5.92 Å². The van der Waals surface area contributed by atoms with Crippen molar-refractivity contribution in [2.24, 2.45) is 5.92 Å². The summed E-state index contributed by atoms with van der Waals surface area (Å²) >= 11 is 0. The Hall–Kier alpha value is -0.120. The summed E-state index contributed by atoms with van der Waals surface area (Å²) in [5.41, 5.74) is 0. The zero-order valence-corrected chi connectivity index (χ0v) is 12.7. The molecular weight excluding hydrogens is 224 g/mol. The molecule has 0 aliphatic carbocycles. The molecule has 108 valence electrons. The van der Waals surface area contributed by atoms with Crippen LogP contribution in [0.5, 0.6) is 0 Å². The molecule has 0 spiro atoms. The summed E-state index contributed by atoms with van der Waals surface area (Å²) in [6.45, 7) is 14.3. The maximum atomic E-state index is 5.59. The molecule has 0 saturated carbocycles. The normalized spacial score (nSPS) is 20.5. The van der Waals surface area contributed by atoms with Gasteiger partial charge in [-0.25, -0.2) is 0 Å². The van der Waals surface area contributed by atoms with Gasteiger partial charge < -0.3 is 15.0 Å². The first-order chi connectivity index (χ1) is 8.67. The Kier molecular flexibility index (Phi) is 7.87. The lowest BCUT2D eigenvalue weighted by atomic mass is 9.99. The van der Waals surface area contributed by atoms with Crippen LogP contribution < -0.4 is 5.32 Å². The van der Waals surface area contributed by atoms with E-state index in [0.717, 1.165) is 13.2 Å². The third-order valence-electron chi connectivity index (χ3n) is 3.88. The first kappa shape index (κ1) is 15.9. The summed E-state index contributed by atoms with van der Waals surface area (Å²) in [6.07, 6.45) is 3.85. The first-order valence-electron chi connectivity index (χ1n) is 7.73. The van der Waals surface area contributed by atoms with E-state index in [1.165, 1.54) is 38.9 Å². The number of nitrogens with zero attached hydrogens (tertiary/aromatic N) is 1. The number of likely N-dealkylation sites (tertiary alicyclic amines) is 1. The summed E-state index contributed by atoms with van der Waals surface area (Å²) in [5, 5.41) is 3.80. The van der Waals surface area contributed by atoms with Crippen LogP contribution in [-0.4, -0.2) is 49.8 Å². The Labute approximate surface area is 113 Å². The Morgan fingerprint density at radius 3 is 2.39 bits per heavy atom. The van der Waals surface area contributed by atoms with Gasteiger partial charge in [0.2, 0.25) is 0 Å². The highest BCUT2D eigenvalue weighted by atomic mass is 16.5. The van der Waals surface area contributed by atoms with Crippen LogP contribution in [0.4, 0.5) is 0 Å². The van der Waals surface area contributed by atoms with Crippen LogP contribution >= 0.6 is 0 Å². The van der Waals surface area contributed by atoms with Crippen molar-refractivity contribution in [1.29, 1.82) is 0 Å². The number of ether oxygens (including phenoxy) is 1. The molecule has 0 aromatic carbocycles. The molecule has 3 heteroatoms. The fourth-order valence-corrected chi connectivity index (χ4v) is 2.62. The molecule has 1 heterocycles. The topological polar surface area (TPSA) is 24.5 Å². The number of piperidine rings is 1. The van der Waals surface area contributed by atoms with Gasteiger partial charge >= 0.3 is 0 Å². The second-order valence-corrected chi connectivity index (χ2v) is 5.79. The molecule has 3 nitrogen and oxygen atoms in total. The van der Waals surface area contributed by atoms with Gasteiger partial charge in [0.05, 0.1) is 6.61 Å². The van der Waals surface area contributed by atoms with Crippen LogP contribution in [0.3, 0.4) is 0 Å². The van der Waals surface area contributed by atoms with Crippen molar-refractivity contribution in [1.82, 2.24) is 10.2 Å². The van der Waals surface area contributed by atoms with Gasteiger partial charge in [-0.2, -0.15) is 0 Å². The molecule has 0 aromatic heterocycles. The van der Waals surface area contributed by atoms with Gasteiger partial charge in [-0.3, -0.25) is 0 Å². The zero-order chi connectivity index (χ0) is 13.4. The molecule has 1 unspecified atom stereocenters. The minimum Gasteiger partial charge on any atom is -0.380 e.